The molecule has 2 heterocycles. The Morgan fingerprint density at radius 2 is 2.00 bits per heavy atom. The van der Waals surface area contributed by atoms with Crippen LogP contribution in [0.5, 0.6) is 0 Å². The van der Waals surface area contributed by atoms with Crippen molar-refractivity contribution in [2.75, 3.05) is 11.9 Å². The molecule has 0 atom stereocenters. The van der Waals surface area contributed by atoms with E-state index in [0.717, 1.165) is 11.1 Å². The van der Waals surface area contributed by atoms with Crippen LogP contribution in [0.3, 0.4) is 0 Å². The number of halogens is 1. The van der Waals surface area contributed by atoms with E-state index in [4.69, 9.17) is 5.11 Å². The molecule has 2 N–H and O–H groups in total. The van der Waals surface area contributed by atoms with Crippen LogP contribution in [0.2, 0.25) is 0 Å². The average Bonchev–Trinajstić information content (AvgIpc) is 2.86. The summed E-state index contributed by atoms with van der Waals surface area (Å²) in [5.41, 5.74) is 1.36. The maximum Gasteiger partial charge on any atom is 0.163 e. The lowest BCUT2D eigenvalue weighted by atomic mass is 10.3. The molecule has 0 aliphatic heterocycles. The molecule has 0 spiro atoms. The highest BCUT2D eigenvalue weighted by molar-refractivity contribution is 5.88. The predicted octanol–water partition coefficient (Wildman–Crippen LogP) is 1.70. The number of anilines is 2. The quantitative estimate of drug-likeness (QED) is 0.756. The molecule has 3 rings (SSSR count). The fraction of sp³-hybridized carbons (Fsp3) is 0.154. The molecule has 0 aliphatic rings. The van der Waals surface area contributed by atoms with E-state index in [1.165, 1.54) is 18.5 Å². The first kappa shape index (κ1) is 12.5. The summed E-state index contributed by atoms with van der Waals surface area (Å²) in [6.07, 6.45) is 3.06. The van der Waals surface area contributed by atoms with E-state index in [2.05, 4.69) is 20.4 Å². The predicted molar refractivity (Wildman–Crippen MR) is 72.1 cm³/mol. The van der Waals surface area contributed by atoms with E-state index < -0.39 is 0 Å². The second-order valence-corrected chi connectivity index (χ2v) is 4.18. The van der Waals surface area contributed by atoms with Crippen molar-refractivity contribution in [3.05, 3.63) is 42.6 Å². The number of aromatic nitrogens is 4. The number of rotatable bonds is 4. The molecule has 0 bridgehead atoms. The fourth-order valence-corrected chi connectivity index (χ4v) is 1.92. The maximum atomic E-state index is 12.9. The van der Waals surface area contributed by atoms with Gasteiger partial charge in [0.1, 0.15) is 18.0 Å². The molecule has 2 aromatic heterocycles. The highest BCUT2D eigenvalue weighted by Gasteiger charge is 2.09. The van der Waals surface area contributed by atoms with Crippen molar-refractivity contribution in [3.63, 3.8) is 0 Å². The zero-order valence-electron chi connectivity index (χ0n) is 10.5. The van der Waals surface area contributed by atoms with E-state index >= 15 is 0 Å². The van der Waals surface area contributed by atoms with Crippen LogP contribution in [0.25, 0.3) is 11.0 Å². The van der Waals surface area contributed by atoms with E-state index in [-0.39, 0.29) is 12.4 Å². The van der Waals surface area contributed by atoms with Gasteiger partial charge < -0.3 is 10.4 Å². The summed E-state index contributed by atoms with van der Waals surface area (Å²) >= 11 is 0. The Bertz CT molecular complexity index is 725. The molecule has 0 unspecified atom stereocenters. The van der Waals surface area contributed by atoms with Gasteiger partial charge in [0.25, 0.3) is 0 Å². The number of hydrogen-bond donors (Lipinski definition) is 2. The smallest absolute Gasteiger partial charge is 0.163 e. The largest absolute Gasteiger partial charge is 0.394 e. The van der Waals surface area contributed by atoms with Crippen LogP contribution in [0.1, 0.15) is 0 Å². The Morgan fingerprint density at radius 3 is 2.75 bits per heavy atom. The molecule has 0 saturated heterocycles. The summed E-state index contributed by atoms with van der Waals surface area (Å²) in [7, 11) is 0. The third-order valence-electron chi connectivity index (χ3n) is 2.85. The highest BCUT2D eigenvalue weighted by atomic mass is 19.1. The van der Waals surface area contributed by atoms with Crippen molar-refractivity contribution < 1.29 is 9.50 Å². The Kier molecular flexibility index (Phi) is 3.26. The first-order valence-corrected chi connectivity index (χ1v) is 6.08. The van der Waals surface area contributed by atoms with Gasteiger partial charge in [-0.25, -0.2) is 19.0 Å². The van der Waals surface area contributed by atoms with Gasteiger partial charge in [-0.2, -0.15) is 5.10 Å². The van der Waals surface area contributed by atoms with E-state index in [1.807, 2.05) is 0 Å². The van der Waals surface area contributed by atoms with E-state index in [9.17, 15) is 4.39 Å². The highest BCUT2D eigenvalue weighted by Crippen LogP contribution is 2.22. The molecule has 0 saturated carbocycles. The number of hydrogen-bond acceptors (Lipinski definition) is 5. The van der Waals surface area contributed by atoms with E-state index in [1.54, 1.807) is 23.0 Å². The molecular formula is C13H12FN5O. The third kappa shape index (κ3) is 2.30. The molecule has 7 heteroatoms. The number of benzene rings is 1. The Balaban J connectivity index is 1.97. The third-order valence-corrected chi connectivity index (χ3v) is 2.85. The molecule has 1 aromatic carbocycles. The maximum absolute atomic E-state index is 12.9. The van der Waals surface area contributed by atoms with Crippen LogP contribution in [0.4, 0.5) is 15.9 Å². The summed E-state index contributed by atoms with van der Waals surface area (Å²) in [5.74, 6) is 0.296. The van der Waals surface area contributed by atoms with Crippen molar-refractivity contribution in [3.8, 4) is 0 Å². The molecule has 102 valence electrons. The molecule has 0 aliphatic carbocycles. The number of nitrogens with one attached hydrogen (secondary N) is 1. The van der Waals surface area contributed by atoms with Crippen molar-refractivity contribution in [2.24, 2.45) is 0 Å². The molecule has 3 aromatic rings. The molecule has 0 fully saturated rings. The first-order valence-electron chi connectivity index (χ1n) is 6.08. The number of nitrogens with zero attached hydrogens (tertiary/aromatic N) is 4. The fourth-order valence-electron chi connectivity index (χ4n) is 1.92. The summed E-state index contributed by atoms with van der Waals surface area (Å²) < 4.78 is 14.5. The summed E-state index contributed by atoms with van der Waals surface area (Å²) in [6, 6.07) is 5.99. The van der Waals surface area contributed by atoms with Gasteiger partial charge in [-0.15, -0.1) is 0 Å². The minimum absolute atomic E-state index is 0.0124. The van der Waals surface area contributed by atoms with Gasteiger partial charge in [0.15, 0.2) is 5.65 Å². The summed E-state index contributed by atoms with van der Waals surface area (Å²) in [4.78, 5) is 8.32. The Morgan fingerprint density at radius 1 is 1.20 bits per heavy atom. The minimum Gasteiger partial charge on any atom is -0.394 e. The minimum atomic E-state index is -0.292. The van der Waals surface area contributed by atoms with Crippen molar-refractivity contribution in [1.82, 2.24) is 19.7 Å². The van der Waals surface area contributed by atoms with Crippen LogP contribution in [0.15, 0.2) is 36.8 Å². The number of fused-ring (bicyclic) bond motifs is 1. The van der Waals surface area contributed by atoms with Gasteiger partial charge in [-0.3, -0.25) is 0 Å². The SMILES string of the molecule is OCCn1ncc2c(Nc3ccc(F)cc3)ncnc21. The second-order valence-electron chi connectivity index (χ2n) is 4.18. The Labute approximate surface area is 113 Å². The van der Waals surface area contributed by atoms with Crippen molar-refractivity contribution in [1.29, 1.82) is 0 Å². The summed E-state index contributed by atoms with van der Waals surface area (Å²) in [6.45, 7) is 0.359. The molecule has 0 radical (unpaired) electrons. The van der Waals surface area contributed by atoms with E-state index in [0.29, 0.717) is 18.0 Å². The van der Waals surface area contributed by atoms with Crippen molar-refractivity contribution in [2.45, 2.75) is 6.54 Å². The van der Waals surface area contributed by atoms with Gasteiger partial charge in [0.05, 0.1) is 24.7 Å². The van der Waals surface area contributed by atoms with Crippen molar-refractivity contribution >= 4 is 22.5 Å². The van der Waals surface area contributed by atoms with Crippen LogP contribution < -0.4 is 5.32 Å². The Hall–Kier alpha value is -2.54. The zero-order valence-corrected chi connectivity index (χ0v) is 10.5. The lowest BCUT2D eigenvalue weighted by molar-refractivity contribution is 0.271. The second kappa shape index (κ2) is 5.22. The number of aliphatic hydroxyl groups is 1. The topological polar surface area (TPSA) is 75.9 Å². The van der Waals surface area contributed by atoms with Gasteiger partial charge in [-0.1, -0.05) is 0 Å². The first-order chi connectivity index (χ1) is 9.78. The average molecular weight is 273 g/mol. The number of aliphatic hydroxyl groups excluding tert-OH is 1. The molecular weight excluding hydrogens is 261 g/mol. The van der Waals surface area contributed by atoms with Crippen LogP contribution >= 0.6 is 0 Å². The van der Waals surface area contributed by atoms with Crippen LogP contribution in [-0.2, 0) is 6.54 Å². The van der Waals surface area contributed by atoms with Gasteiger partial charge in [-0.05, 0) is 24.3 Å². The van der Waals surface area contributed by atoms with Gasteiger partial charge in [0, 0.05) is 5.69 Å². The standard InChI is InChI=1S/C13H12FN5O/c14-9-1-3-10(4-2-9)18-12-11-7-17-19(5-6-20)13(11)16-8-15-12/h1-4,7-8,20H,5-6H2,(H,15,16,18). The zero-order chi connectivity index (χ0) is 13.9. The molecule has 0 amide bonds. The molecule has 20 heavy (non-hydrogen) atoms. The monoisotopic (exact) mass is 273 g/mol. The summed E-state index contributed by atoms with van der Waals surface area (Å²) in [5, 5.41) is 17.0. The lowest BCUT2D eigenvalue weighted by Gasteiger charge is -2.06. The van der Waals surface area contributed by atoms with Gasteiger partial charge in [0.2, 0.25) is 0 Å². The molecule has 6 nitrogen and oxygen atoms in total. The van der Waals surface area contributed by atoms with Crippen LogP contribution in [0, 0.1) is 5.82 Å². The normalized spacial score (nSPS) is 10.9. The van der Waals surface area contributed by atoms with Crippen LogP contribution in [-0.4, -0.2) is 31.5 Å². The lowest BCUT2D eigenvalue weighted by Crippen LogP contribution is -2.04. The van der Waals surface area contributed by atoms with Gasteiger partial charge >= 0.3 is 0 Å².